The minimum atomic E-state index is -0.426. The molecule has 3 unspecified atom stereocenters. The van der Waals surface area contributed by atoms with Gasteiger partial charge in [0.1, 0.15) is 0 Å². The van der Waals surface area contributed by atoms with Crippen molar-refractivity contribution in [2.45, 2.75) is 90.6 Å². The Morgan fingerprint density at radius 3 is 2.38 bits per heavy atom. The second-order valence-corrected chi connectivity index (χ2v) is 10.5. The smallest absolute Gasteiger partial charge is 0.0904 e. The lowest BCUT2D eigenvalue weighted by molar-refractivity contribution is -0.00269. The van der Waals surface area contributed by atoms with Crippen molar-refractivity contribution < 1.29 is 4.74 Å². The van der Waals surface area contributed by atoms with Crippen molar-refractivity contribution in [2.24, 2.45) is 23.7 Å². The van der Waals surface area contributed by atoms with Gasteiger partial charge in [0.15, 0.2) is 0 Å². The monoisotopic (exact) mass is 438 g/mol. The van der Waals surface area contributed by atoms with Gasteiger partial charge in [-0.2, -0.15) is 5.26 Å². The highest BCUT2D eigenvalue weighted by molar-refractivity contribution is 5.36. The van der Waals surface area contributed by atoms with Crippen LogP contribution in [0.5, 0.6) is 0 Å². The van der Waals surface area contributed by atoms with Crippen molar-refractivity contribution in [3.05, 3.63) is 35.9 Å². The van der Waals surface area contributed by atoms with E-state index in [4.69, 9.17) is 4.74 Å². The van der Waals surface area contributed by atoms with E-state index in [1.807, 2.05) is 0 Å². The fourth-order valence-electron chi connectivity index (χ4n) is 6.61. The summed E-state index contributed by atoms with van der Waals surface area (Å²) in [5, 5.41) is 10.8. The summed E-state index contributed by atoms with van der Waals surface area (Å²) in [6.07, 6.45) is 9.75. The first kappa shape index (κ1) is 25.3. The van der Waals surface area contributed by atoms with E-state index in [9.17, 15) is 5.26 Å². The van der Waals surface area contributed by atoms with Gasteiger partial charge in [-0.05, 0) is 75.4 Å². The predicted molar refractivity (Wildman–Crippen MR) is 134 cm³/mol. The fourth-order valence-corrected chi connectivity index (χ4v) is 6.61. The molecule has 3 heteroatoms. The molecule has 1 aromatic carbocycles. The maximum atomic E-state index is 10.8. The minimum absolute atomic E-state index is 0.220. The molecule has 0 amide bonds. The van der Waals surface area contributed by atoms with Crippen LogP contribution in [0.3, 0.4) is 0 Å². The van der Waals surface area contributed by atoms with E-state index in [0.717, 1.165) is 57.2 Å². The van der Waals surface area contributed by atoms with E-state index >= 15 is 0 Å². The first-order valence-electron chi connectivity index (χ1n) is 13.4. The third-order valence-corrected chi connectivity index (χ3v) is 8.61. The second-order valence-electron chi connectivity index (χ2n) is 10.5. The summed E-state index contributed by atoms with van der Waals surface area (Å²) in [5.41, 5.74) is 0.797. The lowest BCUT2D eigenvalue weighted by Gasteiger charge is -2.46. The standard InChI is InChI=1S/C29H46N2O/c1-5-23(4)20-24(6-2)21-31-18-16-26(17-19-31)29(22-30,25-12-9-8-10-13-25)27-14-11-15-28(27)32-7-3/h8-10,12-13,23-24,26-28H,5-7,11,14-21H2,1-4H3/t23?,24?,27-,28-,29?/m0/s1. The number of nitriles is 1. The number of hydrogen-bond donors (Lipinski definition) is 0. The van der Waals surface area contributed by atoms with E-state index in [0.29, 0.717) is 11.8 Å². The van der Waals surface area contributed by atoms with E-state index < -0.39 is 5.41 Å². The molecule has 0 spiro atoms. The molecule has 1 heterocycles. The van der Waals surface area contributed by atoms with E-state index in [-0.39, 0.29) is 6.10 Å². The van der Waals surface area contributed by atoms with Crippen LogP contribution in [0.1, 0.15) is 84.6 Å². The summed E-state index contributed by atoms with van der Waals surface area (Å²) in [6, 6.07) is 13.6. The first-order valence-corrected chi connectivity index (χ1v) is 13.4. The lowest BCUT2D eigenvalue weighted by atomic mass is 9.59. The molecule has 3 nitrogen and oxygen atoms in total. The molecule has 0 N–H and O–H groups in total. The Labute approximate surface area is 197 Å². The van der Waals surface area contributed by atoms with Crippen LogP contribution in [0.2, 0.25) is 0 Å². The molecule has 1 saturated carbocycles. The summed E-state index contributed by atoms with van der Waals surface area (Å²) in [4.78, 5) is 2.69. The van der Waals surface area contributed by atoms with Crippen LogP contribution < -0.4 is 0 Å². The molecule has 1 saturated heterocycles. The summed E-state index contributed by atoms with van der Waals surface area (Å²) >= 11 is 0. The topological polar surface area (TPSA) is 36.3 Å². The van der Waals surface area contributed by atoms with Crippen molar-refractivity contribution in [1.29, 1.82) is 5.26 Å². The number of ether oxygens (including phenoxy) is 1. The van der Waals surface area contributed by atoms with Gasteiger partial charge >= 0.3 is 0 Å². The quantitative estimate of drug-likeness (QED) is 0.380. The minimum Gasteiger partial charge on any atom is -0.378 e. The van der Waals surface area contributed by atoms with Gasteiger partial charge in [-0.25, -0.2) is 0 Å². The molecule has 1 aliphatic carbocycles. The highest BCUT2D eigenvalue weighted by atomic mass is 16.5. The summed E-state index contributed by atoms with van der Waals surface area (Å²) < 4.78 is 6.21. The zero-order chi connectivity index (χ0) is 23.0. The number of benzene rings is 1. The van der Waals surface area contributed by atoms with Crippen molar-refractivity contribution >= 4 is 0 Å². The van der Waals surface area contributed by atoms with Crippen LogP contribution in [-0.4, -0.2) is 37.2 Å². The molecule has 178 valence electrons. The average molecular weight is 439 g/mol. The van der Waals surface area contributed by atoms with E-state index in [2.05, 4.69) is 69.0 Å². The molecule has 2 aliphatic rings. The zero-order valence-corrected chi connectivity index (χ0v) is 21.1. The van der Waals surface area contributed by atoms with Gasteiger partial charge in [-0.15, -0.1) is 0 Å². The normalized spacial score (nSPS) is 26.3. The summed E-state index contributed by atoms with van der Waals surface area (Å²) in [7, 11) is 0. The number of likely N-dealkylation sites (tertiary alicyclic amines) is 1. The van der Waals surface area contributed by atoms with Crippen molar-refractivity contribution in [3.8, 4) is 6.07 Å². The van der Waals surface area contributed by atoms with E-state index in [1.165, 1.54) is 37.8 Å². The number of hydrogen-bond acceptors (Lipinski definition) is 3. The Morgan fingerprint density at radius 2 is 1.78 bits per heavy atom. The van der Waals surface area contributed by atoms with Crippen LogP contribution in [0, 0.1) is 35.0 Å². The number of nitrogens with zero attached hydrogens (tertiary/aromatic N) is 2. The fraction of sp³-hybridized carbons (Fsp3) is 0.759. The molecule has 0 radical (unpaired) electrons. The third kappa shape index (κ3) is 5.57. The molecule has 32 heavy (non-hydrogen) atoms. The van der Waals surface area contributed by atoms with E-state index in [1.54, 1.807) is 0 Å². The number of rotatable bonds is 11. The second kappa shape index (κ2) is 12.2. The number of piperidine rings is 1. The van der Waals surface area contributed by atoms with Gasteiger partial charge in [-0.1, -0.05) is 70.4 Å². The van der Waals surface area contributed by atoms with Gasteiger partial charge < -0.3 is 9.64 Å². The molecule has 2 fully saturated rings. The molecule has 1 aromatic rings. The zero-order valence-electron chi connectivity index (χ0n) is 21.1. The third-order valence-electron chi connectivity index (χ3n) is 8.61. The molecule has 0 bridgehead atoms. The maximum Gasteiger partial charge on any atom is 0.0904 e. The van der Waals surface area contributed by atoms with Gasteiger partial charge in [-0.3, -0.25) is 0 Å². The van der Waals surface area contributed by atoms with Gasteiger partial charge in [0.05, 0.1) is 17.6 Å². The molecule has 3 rings (SSSR count). The Balaban J connectivity index is 1.77. The SMILES string of the molecule is CCO[C@H]1CCC[C@@H]1C(C#N)(c1ccccc1)C1CCN(CC(CC)CC(C)CC)CC1. The Morgan fingerprint density at radius 1 is 1.06 bits per heavy atom. The van der Waals surface area contributed by atoms with Gasteiger partial charge in [0.2, 0.25) is 0 Å². The molecular weight excluding hydrogens is 392 g/mol. The summed E-state index contributed by atoms with van der Waals surface area (Å²) in [5.74, 6) is 2.33. The highest BCUT2D eigenvalue weighted by Crippen LogP contribution is 2.50. The van der Waals surface area contributed by atoms with Crippen LogP contribution in [0.15, 0.2) is 30.3 Å². The van der Waals surface area contributed by atoms with Crippen LogP contribution in [0.25, 0.3) is 0 Å². The van der Waals surface area contributed by atoms with Crippen LogP contribution in [0.4, 0.5) is 0 Å². The predicted octanol–water partition coefficient (Wildman–Crippen LogP) is 6.83. The Hall–Kier alpha value is -1.37. The summed E-state index contributed by atoms with van der Waals surface area (Å²) in [6.45, 7) is 13.4. The largest absolute Gasteiger partial charge is 0.378 e. The lowest BCUT2D eigenvalue weighted by Crippen LogP contribution is -2.49. The van der Waals surface area contributed by atoms with Crippen molar-refractivity contribution in [3.63, 3.8) is 0 Å². The Bertz CT molecular complexity index is 706. The average Bonchev–Trinajstić information content (AvgIpc) is 3.30. The maximum absolute atomic E-state index is 10.8. The van der Waals surface area contributed by atoms with Crippen molar-refractivity contribution in [1.82, 2.24) is 4.90 Å². The highest BCUT2D eigenvalue weighted by Gasteiger charge is 2.52. The molecule has 5 atom stereocenters. The van der Waals surface area contributed by atoms with Crippen molar-refractivity contribution in [2.75, 3.05) is 26.2 Å². The van der Waals surface area contributed by atoms with Gasteiger partial charge in [0, 0.05) is 19.1 Å². The molecule has 0 aromatic heterocycles. The molecular formula is C29H46N2O. The molecule has 1 aliphatic heterocycles. The Kier molecular flexibility index (Phi) is 9.62. The van der Waals surface area contributed by atoms with Crippen LogP contribution in [-0.2, 0) is 10.2 Å². The van der Waals surface area contributed by atoms with Gasteiger partial charge in [0.25, 0.3) is 0 Å². The first-order chi connectivity index (χ1) is 15.6. The van der Waals surface area contributed by atoms with Crippen LogP contribution >= 0.6 is 0 Å².